The SMILES string of the molecule is CCCCCCCC/C=C\CCCCCCCC(=O)OC(C)C.CCCCCCCCCCCCCCCCCC(=O)OC(C)C. The van der Waals surface area contributed by atoms with Crippen molar-refractivity contribution in [2.24, 2.45) is 0 Å². The zero-order valence-corrected chi connectivity index (χ0v) is 32.2. The van der Waals surface area contributed by atoms with Gasteiger partial charge < -0.3 is 9.47 Å². The molecule has 0 aromatic heterocycles. The molecule has 0 aliphatic heterocycles. The zero-order valence-electron chi connectivity index (χ0n) is 32.2. The maximum absolute atomic E-state index is 11.4. The van der Waals surface area contributed by atoms with Gasteiger partial charge in [0.25, 0.3) is 0 Å². The maximum atomic E-state index is 11.4. The molecule has 0 fully saturated rings. The Kier molecular flexibility index (Phi) is 40.5. The van der Waals surface area contributed by atoms with Crippen molar-refractivity contribution < 1.29 is 19.1 Å². The van der Waals surface area contributed by atoms with Gasteiger partial charge in [-0.15, -0.1) is 0 Å². The minimum Gasteiger partial charge on any atom is -0.463 e. The first-order valence-electron chi connectivity index (χ1n) is 20.4. The summed E-state index contributed by atoms with van der Waals surface area (Å²) in [6, 6.07) is 0. The number of esters is 2. The van der Waals surface area contributed by atoms with Gasteiger partial charge in [-0.05, 0) is 66.2 Å². The van der Waals surface area contributed by atoms with Gasteiger partial charge in [0.15, 0.2) is 0 Å². The lowest BCUT2D eigenvalue weighted by Crippen LogP contribution is -2.10. The fraction of sp³-hybridized carbons (Fsp3) is 0.905. The molecular weight excluding hydrogens is 568 g/mol. The summed E-state index contributed by atoms with van der Waals surface area (Å²) in [7, 11) is 0. The highest BCUT2D eigenvalue weighted by Gasteiger charge is 2.05. The topological polar surface area (TPSA) is 52.6 Å². The van der Waals surface area contributed by atoms with Crippen molar-refractivity contribution in [3.63, 3.8) is 0 Å². The fourth-order valence-corrected chi connectivity index (χ4v) is 5.62. The molecule has 0 aliphatic carbocycles. The summed E-state index contributed by atoms with van der Waals surface area (Å²) >= 11 is 0. The third-order valence-corrected chi connectivity index (χ3v) is 8.36. The van der Waals surface area contributed by atoms with Crippen molar-refractivity contribution >= 4 is 11.9 Å². The number of carbonyl (C=O) groups is 2. The van der Waals surface area contributed by atoms with Gasteiger partial charge in [0.2, 0.25) is 0 Å². The molecule has 0 rings (SSSR count). The Hall–Kier alpha value is -1.32. The molecule has 0 spiro atoms. The Labute approximate surface area is 289 Å². The number of allylic oxidation sites excluding steroid dienone is 2. The van der Waals surface area contributed by atoms with Crippen molar-refractivity contribution in [3.05, 3.63) is 12.2 Å². The Morgan fingerprint density at radius 3 is 0.891 bits per heavy atom. The normalized spacial score (nSPS) is 11.3. The van der Waals surface area contributed by atoms with Crippen LogP contribution in [0.5, 0.6) is 0 Å². The molecule has 274 valence electrons. The number of ether oxygens (including phenoxy) is 2. The fourth-order valence-electron chi connectivity index (χ4n) is 5.62. The van der Waals surface area contributed by atoms with Crippen LogP contribution in [0.4, 0.5) is 0 Å². The summed E-state index contributed by atoms with van der Waals surface area (Å²) < 4.78 is 10.3. The van der Waals surface area contributed by atoms with E-state index in [1.165, 1.54) is 161 Å². The highest BCUT2D eigenvalue weighted by Crippen LogP contribution is 2.14. The van der Waals surface area contributed by atoms with Crippen LogP contribution in [-0.2, 0) is 19.1 Å². The second-order valence-electron chi connectivity index (χ2n) is 14.1. The van der Waals surface area contributed by atoms with Gasteiger partial charge in [0.05, 0.1) is 12.2 Å². The molecule has 0 atom stereocenters. The highest BCUT2D eigenvalue weighted by molar-refractivity contribution is 5.69. The standard InChI is InChI=1S/C21H42O2.C21H40O2/c2*1-4-5-6-7-8-9-10-11-12-13-14-15-16-17-18-19-21(22)23-20(2)3/h20H,4-19H2,1-3H3;11-12,20H,4-10,13-19H2,1-3H3/b;12-11-. The average Bonchev–Trinajstić information content (AvgIpc) is 3.00. The molecule has 4 nitrogen and oxygen atoms in total. The molecule has 0 N–H and O–H groups in total. The third-order valence-electron chi connectivity index (χ3n) is 8.36. The Balaban J connectivity index is 0. The number of rotatable bonds is 33. The van der Waals surface area contributed by atoms with Crippen molar-refractivity contribution in [1.82, 2.24) is 0 Å². The van der Waals surface area contributed by atoms with Crippen LogP contribution in [0.1, 0.15) is 234 Å². The van der Waals surface area contributed by atoms with Gasteiger partial charge in [0.1, 0.15) is 0 Å². The monoisotopic (exact) mass is 651 g/mol. The Morgan fingerprint density at radius 1 is 0.391 bits per heavy atom. The molecule has 0 heterocycles. The van der Waals surface area contributed by atoms with Crippen molar-refractivity contribution in [2.45, 2.75) is 246 Å². The maximum Gasteiger partial charge on any atom is 0.306 e. The van der Waals surface area contributed by atoms with Crippen LogP contribution in [-0.4, -0.2) is 24.1 Å². The molecule has 0 aromatic rings. The summed E-state index contributed by atoms with van der Waals surface area (Å²) in [5.41, 5.74) is 0. The van der Waals surface area contributed by atoms with E-state index in [-0.39, 0.29) is 24.1 Å². The van der Waals surface area contributed by atoms with E-state index in [0.29, 0.717) is 12.8 Å². The molecule has 0 aromatic carbocycles. The summed E-state index contributed by atoms with van der Waals surface area (Å²) in [6.45, 7) is 12.2. The van der Waals surface area contributed by atoms with E-state index in [1.54, 1.807) is 0 Å². The van der Waals surface area contributed by atoms with Gasteiger partial charge in [-0.3, -0.25) is 9.59 Å². The van der Waals surface area contributed by atoms with Gasteiger partial charge in [-0.1, -0.05) is 167 Å². The minimum absolute atomic E-state index is 0.0191. The quantitative estimate of drug-likeness (QED) is 0.0403. The van der Waals surface area contributed by atoms with Crippen molar-refractivity contribution in [1.29, 1.82) is 0 Å². The lowest BCUT2D eigenvalue weighted by Gasteiger charge is -2.07. The first-order valence-corrected chi connectivity index (χ1v) is 20.4. The predicted octanol–water partition coefficient (Wildman–Crippen LogP) is 14.2. The summed E-state index contributed by atoms with van der Waals surface area (Å²) in [5.74, 6) is -0.0766. The first kappa shape index (κ1) is 46.8. The molecule has 4 heteroatoms. The molecule has 46 heavy (non-hydrogen) atoms. The number of hydrogen-bond acceptors (Lipinski definition) is 4. The number of hydrogen-bond donors (Lipinski definition) is 0. The van der Waals surface area contributed by atoms with Crippen molar-refractivity contribution in [2.75, 3.05) is 0 Å². The van der Waals surface area contributed by atoms with Crippen molar-refractivity contribution in [3.8, 4) is 0 Å². The second kappa shape index (κ2) is 39.9. The minimum atomic E-state index is -0.0439. The van der Waals surface area contributed by atoms with E-state index in [0.717, 1.165) is 19.3 Å². The molecule has 0 saturated heterocycles. The largest absolute Gasteiger partial charge is 0.463 e. The van der Waals surface area contributed by atoms with E-state index in [4.69, 9.17) is 9.47 Å². The molecule has 0 unspecified atom stereocenters. The lowest BCUT2D eigenvalue weighted by molar-refractivity contribution is -0.148. The van der Waals surface area contributed by atoms with E-state index in [2.05, 4.69) is 26.0 Å². The Bertz CT molecular complexity index is 640. The van der Waals surface area contributed by atoms with Crippen LogP contribution in [0.2, 0.25) is 0 Å². The van der Waals surface area contributed by atoms with E-state index in [9.17, 15) is 9.59 Å². The van der Waals surface area contributed by atoms with Gasteiger partial charge in [-0.25, -0.2) is 0 Å². The van der Waals surface area contributed by atoms with Crippen LogP contribution in [0, 0.1) is 0 Å². The molecule has 0 radical (unpaired) electrons. The van der Waals surface area contributed by atoms with Crippen LogP contribution in [0.25, 0.3) is 0 Å². The molecule has 0 aliphatic rings. The van der Waals surface area contributed by atoms with E-state index in [1.807, 2.05) is 27.7 Å². The van der Waals surface area contributed by atoms with Gasteiger partial charge in [-0.2, -0.15) is 0 Å². The lowest BCUT2D eigenvalue weighted by atomic mass is 10.0. The number of carbonyl (C=O) groups excluding carboxylic acids is 2. The smallest absolute Gasteiger partial charge is 0.306 e. The second-order valence-corrected chi connectivity index (χ2v) is 14.1. The van der Waals surface area contributed by atoms with Crippen LogP contribution >= 0.6 is 0 Å². The predicted molar refractivity (Wildman–Crippen MR) is 201 cm³/mol. The first-order chi connectivity index (χ1) is 22.3. The molecular formula is C42H82O4. The highest BCUT2D eigenvalue weighted by atomic mass is 16.5. The van der Waals surface area contributed by atoms with E-state index >= 15 is 0 Å². The molecule has 0 amide bonds. The molecule has 0 saturated carbocycles. The van der Waals surface area contributed by atoms with Crippen LogP contribution in [0.3, 0.4) is 0 Å². The Morgan fingerprint density at radius 2 is 0.630 bits per heavy atom. The summed E-state index contributed by atoms with van der Waals surface area (Å²) in [6.07, 6.45) is 42.9. The van der Waals surface area contributed by atoms with Crippen LogP contribution < -0.4 is 0 Å². The van der Waals surface area contributed by atoms with Gasteiger partial charge in [0, 0.05) is 12.8 Å². The average molecular weight is 651 g/mol. The third kappa shape index (κ3) is 44.8. The summed E-state index contributed by atoms with van der Waals surface area (Å²) in [5, 5.41) is 0. The zero-order chi connectivity index (χ0) is 34.4. The summed E-state index contributed by atoms with van der Waals surface area (Å²) in [4.78, 5) is 22.7. The number of unbranched alkanes of at least 4 members (excludes halogenated alkanes) is 25. The van der Waals surface area contributed by atoms with Gasteiger partial charge >= 0.3 is 11.9 Å². The molecule has 0 bridgehead atoms. The van der Waals surface area contributed by atoms with E-state index < -0.39 is 0 Å². The van der Waals surface area contributed by atoms with Crippen LogP contribution in [0.15, 0.2) is 12.2 Å².